The average molecular weight is 328 g/mol. The van der Waals surface area contributed by atoms with Crippen molar-refractivity contribution in [2.24, 2.45) is 7.05 Å². The molecule has 1 N–H and O–H groups in total. The normalized spacial score (nSPS) is 16.5. The second-order valence-corrected chi connectivity index (χ2v) is 6.37. The number of aryl methyl sites for hydroxylation is 1. The quantitative estimate of drug-likeness (QED) is 0.915. The van der Waals surface area contributed by atoms with Crippen LogP contribution in [0.4, 0.5) is 10.6 Å². The number of hydrogen-bond acceptors (Lipinski definition) is 3. The fourth-order valence-corrected chi connectivity index (χ4v) is 3.43. The van der Waals surface area contributed by atoms with Crippen LogP contribution in [0.3, 0.4) is 0 Å². The maximum absolute atomic E-state index is 12.1. The number of carbonyl (C=O) groups is 2. The van der Waals surface area contributed by atoms with Crippen molar-refractivity contribution in [2.75, 3.05) is 11.4 Å². The summed E-state index contributed by atoms with van der Waals surface area (Å²) in [5, 5.41) is 7.83. The van der Waals surface area contributed by atoms with Crippen molar-refractivity contribution >= 4 is 28.7 Å². The number of urea groups is 1. The molecule has 2 aromatic rings. The molecule has 3 rings (SSSR count). The summed E-state index contributed by atoms with van der Waals surface area (Å²) in [4.78, 5) is 25.0. The van der Waals surface area contributed by atoms with Crippen molar-refractivity contribution < 1.29 is 9.59 Å². The third-order valence-electron chi connectivity index (χ3n) is 4.77. The summed E-state index contributed by atoms with van der Waals surface area (Å²) >= 11 is 0. The van der Waals surface area contributed by atoms with Crippen molar-refractivity contribution in [1.82, 2.24) is 15.1 Å². The van der Waals surface area contributed by atoms with Crippen molar-refractivity contribution in [3.05, 3.63) is 23.8 Å². The molecule has 6 nitrogen and oxygen atoms in total. The number of fused-ring (bicyclic) bond motifs is 1. The summed E-state index contributed by atoms with van der Waals surface area (Å²) in [5.74, 6) is 0.936. The van der Waals surface area contributed by atoms with Crippen LogP contribution in [0.25, 0.3) is 10.9 Å². The smallest absolute Gasteiger partial charge is 0.278 e. The molecule has 1 unspecified atom stereocenters. The predicted octanol–water partition coefficient (Wildman–Crippen LogP) is 3.31. The molecule has 0 spiro atoms. The maximum Gasteiger partial charge on any atom is 0.329 e. The minimum atomic E-state index is -0.396. The average Bonchev–Trinajstić information content (AvgIpc) is 2.89. The van der Waals surface area contributed by atoms with Gasteiger partial charge in [0, 0.05) is 25.4 Å². The number of amides is 3. The van der Waals surface area contributed by atoms with Gasteiger partial charge in [0.15, 0.2) is 5.82 Å². The van der Waals surface area contributed by atoms with Gasteiger partial charge in [0.05, 0.1) is 5.52 Å². The highest BCUT2D eigenvalue weighted by Crippen LogP contribution is 2.32. The van der Waals surface area contributed by atoms with Crippen LogP contribution in [-0.4, -0.2) is 28.3 Å². The van der Waals surface area contributed by atoms with E-state index in [1.807, 2.05) is 11.7 Å². The van der Waals surface area contributed by atoms with Crippen LogP contribution in [0.2, 0.25) is 0 Å². The van der Waals surface area contributed by atoms with Gasteiger partial charge in [-0.3, -0.25) is 19.7 Å². The molecule has 1 aliphatic rings. The minimum absolute atomic E-state index is 0.232. The Bertz CT molecular complexity index is 781. The van der Waals surface area contributed by atoms with Gasteiger partial charge in [0.1, 0.15) is 0 Å². The Balaban J connectivity index is 2.00. The van der Waals surface area contributed by atoms with E-state index in [2.05, 4.69) is 42.5 Å². The second kappa shape index (κ2) is 6.63. The van der Waals surface area contributed by atoms with Gasteiger partial charge < -0.3 is 0 Å². The highest BCUT2D eigenvalue weighted by molar-refractivity contribution is 6.08. The highest BCUT2D eigenvalue weighted by atomic mass is 16.2. The lowest BCUT2D eigenvalue weighted by atomic mass is 9.91. The lowest BCUT2D eigenvalue weighted by Crippen LogP contribution is -2.49. The van der Waals surface area contributed by atoms with Gasteiger partial charge in [-0.2, -0.15) is 5.10 Å². The SMILES string of the molecule is CCCC(CC)c1ccc2c(N3CCC(=O)NC3=O)nn(C)c2c1. The van der Waals surface area contributed by atoms with E-state index in [0.717, 1.165) is 23.7 Å². The molecule has 6 heteroatoms. The molecule has 0 bridgehead atoms. The van der Waals surface area contributed by atoms with Crippen LogP contribution in [0, 0.1) is 0 Å². The minimum Gasteiger partial charge on any atom is -0.278 e. The Morgan fingerprint density at radius 2 is 2.08 bits per heavy atom. The van der Waals surface area contributed by atoms with Crippen molar-refractivity contribution in [2.45, 2.75) is 45.4 Å². The van der Waals surface area contributed by atoms with Gasteiger partial charge in [0.25, 0.3) is 0 Å². The Morgan fingerprint density at radius 3 is 2.75 bits per heavy atom. The fourth-order valence-electron chi connectivity index (χ4n) is 3.43. The molecule has 1 aliphatic heterocycles. The van der Waals surface area contributed by atoms with Crippen molar-refractivity contribution in [3.63, 3.8) is 0 Å². The van der Waals surface area contributed by atoms with Crippen LogP contribution in [0.5, 0.6) is 0 Å². The molecule has 1 aromatic carbocycles. The van der Waals surface area contributed by atoms with Gasteiger partial charge in [0.2, 0.25) is 5.91 Å². The van der Waals surface area contributed by atoms with Crippen LogP contribution >= 0.6 is 0 Å². The summed E-state index contributed by atoms with van der Waals surface area (Å²) in [6.45, 7) is 4.79. The summed E-state index contributed by atoms with van der Waals surface area (Å²) in [6, 6.07) is 5.98. The first kappa shape index (κ1) is 16.5. The molecule has 1 fully saturated rings. The van der Waals surface area contributed by atoms with Gasteiger partial charge >= 0.3 is 6.03 Å². The van der Waals surface area contributed by atoms with E-state index in [1.165, 1.54) is 12.0 Å². The number of hydrogen-bond donors (Lipinski definition) is 1. The van der Waals surface area contributed by atoms with E-state index in [1.54, 1.807) is 4.90 Å². The zero-order valence-electron chi connectivity index (χ0n) is 14.5. The maximum atomic E-state index is 12.1. The van der Waals surface area contributed by atoms with Gasteiger partial charge in [-0.25, -0.2) is 4.79 Å². The van der Waals surface area contributed by atoms with Gasteiger partial charge in [-0.05, 0) is 36.5 Å². The van der Waals surface area contributed by atoms with E-state index < -0.39 is 6.03 Å². The van der Waals surface area contributed by atoms with Crippen LogP contribution in [0.15, 0.2) is 18.2 Å². The molecule has 128 valence electrons. The predicted molar refractivity (Wildman–Crippen MR) is 94.2 cm³/mol. The summed E-state index contributed by atoms with van der Waals surface area (Å²) in [6.07, 6.45) is 3.75. The monoisotopic (exact) mass is 328 g/mol. The number of carbonyl (C=O) groups excluding carboxylic acids is 2. The molecule has 0 aliphatic carbocycles. The first-order chi connectivity index (χ1) is 11.5. The number of rotatable bonds is 5. The topological polar surface area (TPSA) is 67.2 Å². The van der Waals surface area contributed by atoms with E-state index in [-0.39, 0.29) is 5.91 Å². The zero-order chi connectivity index (χ0) is 17.3. The molecule has 3 amide bonds. The van der Waals surface area contributed by atoms with E-state index in [4.69, 9.17) is 0 Å². The van der Waals surface area contributed by atoms with E-state index >= 15 is 0 Å². The first-order valence-corrected chi connectivity index (χ1v) is 8.63. The molecule has 1 aromatic heterocycles. The Hall–Kier alpha value is -2.37. The lowest BCUT2D eigenvalue weighted by Gasteiger charge is -2.24. The Labute approximate surface area is 141 Å². The lowest BCUT2D eigenvalue weighted by molar-refractivity contribution is -0.120. The number of anilines is 1. The molecule has 1 atom stereocenters. The summed E-state index contributed by atoms with van der Waals surface area (Å²) in [5.41, 5.74) is 2.33. The number of imide groups is 1. The number of aromatic nitrogens is 2. The molecule has 0 saturated carbocycles. The number of nitrogens with zero attached hydrogens (tertiary/aromatic N) is 3. The molecule has 24 heavy (non-hydrogen) atoms. The standard InChI is InChI=1S/C18H24N4O2/c1-4-6-12(5-2)13-7-8-14-15(11-13)21(3)20-17(14)22-10-9-16(23)19-18(22)24/h7-8,11-12H,4-6,9-10H2,1-3H3,(H,19,23,24). The number of nitrogens with one attached hydrogen (secondary N) is 1. The third-order valence-corrected chi connectivity index (χ3v) is 4.77. The number of benzene rings is 1. The van der Waals surface area contributed by atoms with Crippen molar-refractivity contribution in [1.29, 1.82) is 0 Å². The zero-order valence-corrected chi connectivity index (χ0v) is 14.5. The summed E-state index contributed by atoms with van der Waals surface area (Å²) < 4.78 is 1.82. The largest absolute Gasteiger partial charge is 0.329 e. The highest BCUT2D eigenvalue weighted by Gasteiger charge is 2.28. The van der Waals surface area contributed by atoms with E-state index in [0.29, 0.717) is 24.7 Å². The molecule has 0 radical (unpaired) electrons. The van der Waals surface area contributed by atoms with E-state index in [9.17, 15) is 9.59 Å². The fraction of sp³-hybridized carbons (Fsp3) is 0.500. The first-order valence-electron chi connectivity index (χ1n) is 8.63. The van der Waals surface area contributed by atoms with Crippen LogP contribution < -0.4 is 10.2 Å². The van der Waals surface area contributed by atoms with Crippen molar-refractivity contribution in [3.8, 4) is 0 Å². The van der Waals surface area contributed by atoms with Crippen LogP contribution in [-0.2, 0) is 11.8 Å². The van der Waals surface area contributed by atoms with Gasteiger partial charge in [-0.1, -0.05) is 26.3 Å². The molecular weight excluding hydrogens is 304 g/mol. The second-order valence-electron chi connectivity index (χ2n) is 6.37. The molecule has 1 saturated heterocycles. The third kappa shape index (κ3) is 2.88. The Kier molecular flexibility index (Phi) is 4.55. The molecule has 2 heterocycles. The van der Waals surface area contributed by atoms with Crippen LogP contribution in [0.1, 0.15) is 51.0 Å². The molecular formula is C18H24N4O2. The summed E-state index contributed by atoms with van der Waals surface area (Å²) in [7, 11) is 1.89. The van der Waals surface area contributed by atoms with Gasteiger partial charge in [-0.15, -0.1) is 0 Å². The Morgan fingerprint density at radius 1 is 1.29 bits per heavy atom.